The van der Waals surface area contributed by atoms with Crippen LogP contribution in [0.3, 0.4) is 0 Å². The predicted octanol–water partition coefficient (Wildman–Crippen LogP) is 2.86. The standard InChI is InChI=1S/C15H25NO3/c17-13(11-12-7-3-4-8-12)16-15(14(18)19)9-5-1-2-6-10-15/h12H,1-11H2,(H,16,17)(H,18,19). The van der Waals surface area contributed by atoms with Crippen LogP contribution in [0.25, 0.3) is 0 Å². The summed E-state index contributed by atoms with van der Waals surface area (Å²) in [6.07, 6.45) is 10.3. The van der Waals surface area contributed by atoms with Crippen molar-refractivity contribution in [2.75, 3.05) is 0 Å². The van der Waals surface area contributed by atoms with Crippen LogP contribution in [0.5, 0.6) is 0 Å². The van der Waals surface area contributed by atoms with Crippen LogP contribution in [0.4, 0.5) is 0 Å². The molecule has 0 saturated heterocycles. The van der Waals surface area contributed by atoms with E-state index < -0.39 is 11.5 Å². The maximum absolute atomic E-state index is 12.1. The molecule has 19 heavy (non-hydrogen) atoms. The van der Waals surface area contributed by atoms with Gasteiger partial charge in [-0.1, -0.05) is 38.5 Å². The highest BCUT2D eigenvalue weighted by Gasteiger charge is 2.40. The van der Waals surface area contributed by atoms with E-state index in [1.807, 2.05) is 0 Å². The zero-order chi connectivity index (χ0) is 13.7. The second-order valence-electron chi connectivity index (χ2n) is 6.20. The van der Waals surface area contributed by atoms with Gasteiger partial charge in [0, 0.05) is 6.42 Å². The lowest BCUT2D eigenvalue weighted by Gasteiger charge is -2.29. The Morgan fingerprint density at radius 1 is 1.00 bits per heavy atom. The van der Waals surface area contributed by atoms with Gasteiger partial charge < -0.3 is 10.4 Å². The third-order valence-corrected chi connectivity index (χ3v) is 4.69. The number of carbonyl (C=O) groups excluding carboxylic acids is 1. The Kier molecular flexibility index (Phi) is 4.83. The van der Waals surface area contributed by atoms with E-state index in [1.54, 1.807) is 0 Å². The van der Waals surface area contributed by atoms with Crippen LogP contribution < -0.4 is 5.32 Å². The number of rotatable bonds is 4. The second-order valence-corrected chi connectivity index (χ2v) is 6.20. The van der Waals surface area contributed by atoms with E-state index in [-0.39, 0.29) is 5.91 Å². The van der Waals surface area contributed by atoms with E-state index in [2.05, 4.69) is 5.32 Å². The average Bonchev–Trinajstić information content (AvgIpc) is 2.73. The summed E-state index contributed by atoms with van der Waals surface area (Å²) < 4.78 is 0. The zero-order valence-electron chi connectivity index (χ0n) is 11.6. The molecule has 0 aromatic rings. The highest BCUT2D eigenvalue weighted by atomic mass is 16.4. The molecule has 2 aliphatic carbocycles. The lowest BCUT2D eigenvalue weighted by atomic mass is 9.89. The first-order valence-corrected chi connectivity index (χ1v) is 7.67. The Bertz CT molecular complexity index is 326. The molecule has 2 saturated carbocycles. The largest absolute Gasteiger partial charge is 0.480 e. The second kappa shape index (κ2) is 6.40. The Balaban J connectivity index is 1.94. The fraction of sp³-hybridized carbons (Fsp3) is 0.867. The third kappa shape index (κ3) is 3.71. The summed E-state index contributed by atoms with van der Waals surface area (Å²) in [7, 11) is 0. The fourth-order valence-corrected chi connectivity index (χ4v) is 3.52. The summed E-state index contributed by atoms with van der Waals surface area (Å²) in [5.41, 5.74) is -0.994. The number of hydrogen-bond acceptors (Lipinski definition) is 2. The van der Waals surface area contributed by atoms with E-state index in [1.165, 1.54) is 12.8 Å². The Labute approximate surface area is 115 Å². The van der Waals surface area contributed by atoms with Crippen molar-refractivity contribution in [2.24, 2.45) is 5.92 Å². The minimum atomic E-state index is -0.994. The molecule has 0 aromatic heterocycles. The van der Waals surface area contributed by atoms with Gasteiger partial charge in [-0.05, 0) is 31.6 Å². The van der Waals surface area contributed by atoms with Gasteiger partial charge in [0.2, 0.25) is 5.91 Å². The van der Waals surface area contributed by atoms with Crippen LogP contribution in [0.15, 0.2) is 0 Å². The average molecular weight is 267 g/mol. The molecule has 0 unspecified atom stereocenters. The Hall–Kier alpha value is -1.06. The minimum Gasteiger partial charge on any atom is -0.480 e. The monoisotopic (exact) mass is 267 g/mol. The number of hydrogen-bond donors (Lipinski definition) is 2. The number of carboxylic acids is 1. The lowest BCUT2D eigenvalue weighted by Crippen LogP contribution is -2.54. The third-order valence-electron chi connectivity index (χ3n) is 4.69. The molecular weight excluding hydrogens is 242 g/mol. The lowest BCUT2D eigenvalue weighted by molar-refractivity contribution is -0.148. The van der Waals surface area contributed by atoms with Crippen LogP contribution in [0, 0.1) is 5.92 Å². The van der Waals surface area contributed by atoms with Gasteiger partial charge >= 0.3 is 5.97 Å². The molecular formula is C15H25NO3. The molecule has 2 fully saturated rings. The highest BCUT2D eigenvalue weighted by Crippen LogP contribution is 2.30. The van der Waals surface area contributed by atoms with Gasteiger partial charge in [0.25, 0.3) is 0 Å². The van der Waals surface area contributed by atoms with Gasteiger partial charge in [-0.15, -0.1) is 0 Å². The Morgan fingerprint density at radius 3 is 2.11 bits per heavy atom. The molecule has 108 valence electrons. The molecule has 2 rings (SSSR count). The van der Waals surface area contributed by atoms with Gasteiger partial charge in [-0.25, -0.2) is 4.79 Å². The molecule has 2 N–H and O–H groups in total. The number of aliphatic carboxylic acids is 1. The van der Waals surface area contributed by atoms with E-state index >= 15 is 0 Å². The first-order chi connectivity index (χ1) is 9.12. The summed E-state index contributed by atoms with van der Waals surface area (Å²) in [5.74, 6) is -0.443. The SMILES string of the molecule is O=C(CC1CCCC1)NC1(C(=O)O)CCCCCC1. The van der Waals surface area contributed by atoms with Crippen molar-refractivity contribution in [1.82, 2.24) is 5.32 Å². The van der Waals surface area contributed by atoms with Crippen molar-refractivity contribution in [3.05, 3.63) is 0 Å². The molecule has 0 radical (unpaired) electrons. The van der Waals surface area contributed by atoms with E-state index in [4.69, 9.17) is 0 Å². The van der Waals surface area contributed by atoms with Crippen molar-refractivity contribution in [1.29, 1.82) is 0 Å². The number of amides is 1. The summed E-state index contributed by atoms with van der Waals surface area (Å²) in [5, 5.41) is 12.4. The van der Waals surface area contributed by atoms with Crippen LogP contribution in [-0.4, -0.2) is 22.5 Å². The molecule has 0 spiro atoms. The molecule has 0 aliphatic heterocycles. The number of nitrogens with one attached hydrogen (secondary N) is 1. The van der Waals surface area contributed by atoms with Gasteiger partial charge in [0.15, 0.2) is 0 Å². The van der Waals surface area contributed by atoms with Crippen molar-refractivity contribution in [2.45, 2.75) is 76.2 Å². The predicted molar refractivity (Wildman–Crippen MR) is 72.8 cm³/mol. The molecule has 4 heteroatoms. The van der Waals surface area contributed by atoms with Gasteiger partial charge in [-0.3, -0.25) is 4.79 Å². The molecule has 2 aliphatic rings. The van der Waals surface area contributed by atoms with Crippen molar-refractivity contribution in [3.8, 4) is 0 Å². The number of carbonyl (C=O) groups is 2. The van der Waals surface area contributed by atoms with E-state index in [9.17, 15) is 14.7 Å². The van der Waals surface area contributed by atoms with Gasteiger partial charge in [0.1, 0.15) is 5.54 Å². The summed E-state index contributed by atoms with van der Waals surface area (Å²) >= 11 is 0. The van der Waals surface area contributed by atoms with Crippen molar-refractivity contribution < 1.29 is 14.7 Å². The molecule has 1 amide bonds. The summed E-state index contributed by atoms with van der Waals surface area (Å²) in [4.78, 5) is 23.7. The molecule has 0 aromatic carbocycles. The quantitative estimate of drug-likeness (QED) is 0.770. The van der Waals surface area contributed by atoms with E-state index in [0.29, 0.717) is 25.2 Å². The normalized spacial score (nSPS) is 23.8. The maximum Gasteiger partial charge on any atom is 0.329 e. The highest BCUT2D eigenvalue weighted by molar-refractivity contribution is 5.87. The topological polar surface area (TPSA) is 66.4 Å². The Morgan fingerprint density at radius 2 is 1.58 bits per heavy atom. The smallest absolute Gasteiger partial charge is 0.329 e. The van der Waals surface area contributed by atoms with Crippen LogP contribution in [-0.2, 0) is 9.59 Å². The van der Waals surface area contributed by atoms with Crippen molar-refractivity contribution >= 4 is 11.9 Å². The maximum atomic E-state index is 12.1. The first kappa shape index (κ1) is 14.4. The van der Waals surface area contributed by atoms with Crippen LogP contribution >= 0.6 is 0 Å². The zero-order valence-corrected chi connectivity index (χ0v) is 11.6. The van der Waals surface area contributed by atoms with Crippen LogP contribution in [0.1, 0.15) is 70.6 Å². The summed E-state index contributed by atoms with van der Waals surface area (Å²) in [6.45, 7) is 0. The van der Waals surface area contributed by atoms with Gasteiger partial charge in [0.05, 0.1) is 0 Å². The fourth-order valence-electron chi connectivity index (χ4n) is 3.52. The minimum absolute atomic E-state index is 0.0591. The van der Waals surface area contributed by atoms with Crippen molar-refractivity contribution in [3.63, 3.8) is 0 Å². The summed E-state index contributed by atoms with van der Waals surface area (Å²) in [6, 6.07) is 0. The molecule has 0 atom stereocenters. The molecule has 0 bridgehead atoms. The first-order valence-electron chi connectivity index (χ1n) is 7.67. The van der Waals surface area contributed by atoms with Gasteiger partial charge in [-0.2, -0.15) is 0 Å². The number of carboxylic acid groups (broad SMARTS) is 1. The van der Waals surface area contributed by atoms with E-state index in [0.717, 1.165) is 38.5 Å². The van der Waals surface area contributed by atoms with Crippen LogP contribution in [0.2, 0.25) is 0 Å². The molecule has 4 nitrogen and oxygen atoms in total. The molecule has 0 heterocycles.